The fraction of sp³-hybridized carbons (Fsp3) is 0.552. The molecule has 4 unspecified atom stereocenters. The average molecular weight is 469 g/mol. The minimum atomic E-state index is -0.592. The summed E-state index contributed by atoms with van der Waals surface area (Å²) >= 11 is 0. The van der Waals surface area contributed by atoms with Gasteiger partial charge < -0.3 is 9.80 Å². The summed E-state index contributed by atoms with van der Waals surface area (Å²) in [6.45, 7) is 1.99. The van der Waals surface area contributed by atoms with E-state index in [9.17, 15) is 4.79 Å². The van der Waals surface area contributed by atoms with Crippen molar-refractivity contribution >= 4 is 5.78 Å². The van der Waals surface area contributed by atoms with E-state index in [1.807, 2.05) is 0 Å². The summed E-state index contributed by atoms with van der Waals surface area (Å²) in [7, 11) is 4.19. The van der Waals surface area contributed by atoms with Gasteiger partial charge in [0.25, 0.3) is 0 Å². The van der Waals surface area contributed by atoms with Crippen LogP contribution in [-0.2, 0) is 4.79 Å². The van der Waals surface area contributed by atoms with E-state index < -0.39 is 11.8 Å². The fourth-order valence-corrected chi connectivity index (χ4v) is 5.98. The highest BCUT2D eigenvalue weighted by Crippen LogP contribution is 2.38. The summed E-state index contributed by atoms with van der Waals surface area (Å²) in [4.78, 5) is 18.9. The zero-order valence-electron chi connectivity index (χ0n) is 20.6. The molecule has 2 saturated heterocycles. The summed E-state index contributed by atoms with van der Waals surface area (Å²) in [5.41, 5.74) is 0.898. The Bertz CT molecular complexity index is 889. The smallest absolute Gasteiger partial charge is 0.148 e. The molecule has 4 atom stereocenters. The summed E-state index contributed by atoms with van der Waals surface area (Å²) in [6.07, 6.45) is 7.69. The third-order valence-electron chi connectivity index (χ3n) is 8.11. The van der Waals surface area contributed by atoms with Crippen molar-refractivity contribution in [2.24, 2.45) is 0 Å². The molecule has 2 aromatic carbocycles. The average Bonchev–Trinajstić information content (AvgIpc) is 2.84. The second-order valence-corrected chi connectivity index (χ2v) is 10.3. The summed E-state index contributed by atoms with van der Waals surface area (Å²) in [5, 5.41) is 0. The molecular weight excluding hydrogens is 430 g/mol. The van der Waals surface area contributed by atoms with E-state index in [0.717, 1.165) is 51.6 Å². The number of likely N-dealkylation sites (tertiary alicyclic amines) is 2. The van der Waals surface area contributed by atoms with Crippen LogP contribution in [0.2, 0.25) is 0 Å². The molecule has 2 aromatic rings. The van der Waals surface area contributed by atoms with Gasteiger partial charge in [-0.25, -0.2) is 8.78 Å². The molecule has 2 fully saturated rings. The van der Waals surface area contributed by atoms with Crippen LogP contribution in [-0.4, -0.2) is 54.9 Å². The Morgan fingerprint density at radius 2 is 1.18 bits per heavy atom. The third kappa shape index (κ3) is 5.75. The van der Waals surface area contributed by atoms with Crippen molar-refractivity contribution in [2.75, 3.05) is 27.2 Å². The Balaban J connectivity index is 1.71. The number of hydrogen-bond acceptors (Lipinski definition) is 3. The molecular formula is C29H38F2N2O. The first-order valence-electron chi connectivity index (χ1n) is 12.9. The number of carbonyl (C=O) groups is 1. The van der Waals surface area contributed by atoms with Gasteiger partial charge in [-0.05, 0) is 89.0 Å². The first kappa shape index (κ1) is 25.0. The molecule has 0 radical (unpaired) electrons. The van der Waals surface area contributed by atoms with E-state index in [2.05, 4.69) is 23.9 Å². The van der Waals surface area contributed by atoms with E-state index in [4.69, 9.17) is 0 Å². The van der Waals surface area contributed by atoms with E-state index >= 15 is 8.78 Å². The molecule has 0 aliphatic carbocycles. The lowest BCUT2D eigenvalue weighted by atomic mass is 9.76. The van der Waals surface area contributed by atoms with Crippen LogP contribution < -0.4 is 0 Å². The molecule has 0 N–H and O–H groups in total. The minimum Gasteiger partial charge on any atom is -0.303 e. The monoisotopic (exact) mass is 468 g/mol. The topological polar surface area (TPSA) is 23.6 Å². The molecule has 2 heterocycles. The maximum atomic E-state index is 15.1. The molecule has 0 saturated carbocycles. The standard InChI is InChI=1S/C29H38F2N2O/c1-32-17-9-7-11-21(32)19-25(23-13-3-5-15-27(23)30)29(34)26(24-14-4-6-16-28(24)31)20-22-12-8-10-18-33(22)2/h3-6,13-16,21-22,25-26H,7-12,17-20H2,1-2H3. The van der Waals surface area contributed by atoms with Crippen molar-refractivity contribution < 1.29 is 13.6 Å². The fourth-order valence-electron chi connectivity index (χ4n) is 5.98. The lowest BCUT2D eigenvalue weighted by molar-refractivity contribution is -0.123. The number of rotatable bonds is 8. The Morgan fingerprint density at radius 3 is 1.56 bits per heavy atom. The van der Waals surface area contributed by atoms with Crippen molar-refractivity contribution in [1.29, 1.82) is 0 Å². The van der Waals surface area contributed by atoms with Crippen molar-refractivity contribution in [2.45, 2.75) is 75.3 Å². The SMILES string of the molecule is CN1CCCCC1CC(C(=O)C(CC1CCCCN1C)c1ccccc1F)c1ccccc1F. The Labute approximate surface area is 203 Å². The van der Waals surface area contributed by atoms with Crippen LogP contribution in [0.5, 0.6) is 0 Å². The van der Waals surface area contributed by atoms with Crippen molar-refractivity contribution in [3.8, 4) is 0 Å². The number of piperidine rings is 2. The molecule has 34 heavy (non-hydrogen) atoms. The Kier molecular flexibility index (Phi) is 8.49. The summed E-state index contributed by atoms with van der Waals surface area (Å²) < 4.78 is 30.1. The zero-order valence-corrected chi connectivity index (χ0v) is 20.6. The van der Waals surface area contributed by atoms with Crippen LogP contribution in [0, 0.1) is 11.6 Å². The van der Waals surface area contributed by atoms with Crippen molar-refractivity contribution in [3.63, 3.8) is 0 Å². The highest BCUT2D eigenvalue weighted by molar-refractivity contribution is 5.92. The molecule has 0 aromatic heterocycles. The lowest BCUT2D eigenvalue weighted by Gasteiger charge is -2.37. The number of benzene rings is 2. The molecule has 0 amide bonds. The zero-order chi connectivity index (χ0) is 24.1. The van der Waals surface area contributed by atoms with Gasteiger partial charge in [-0.1, -0.05) is 49.2 Å². The van der Waals surface area contributed by atoms with Crippen LogP contribution in [0.1, 0.15) is 74.3 Å². The van der Waals surface area contributed by atoms with E-state index in [-0.39, 0.29) is 29.5 Å². The van der Waals surface area contributed by atoms with Crippen molar-refractivity contribution in [3.05, 3.63) is 71.3 Å². The normalized spacial score (nSPS) is 24.0. The predicted octanol–water partition coefficient (Wildman–Crippen LogP) is 6.15. The van der Waals surface area contributed by atoms with Crippen LogP contribution in [0.4, 0.5) is 8.78 Å². The molecule has 0 spiro atoms. The molecule has 2 aliphatic rings. The van der Waals surface area contributed by atoms with Gasteiger partial charge in [0.1, 0.15) is 17.4 Å². The highest BCUT2D eigenvalue weighted by Gasteiger charge is 2.37. The lowest BCUT2D eigenvalue weighted by Crippen LogP contribution is -2.41. The number of hydrogen-bond donors (Lipinski definition) is 0. The molecule has 2 aliphatic heterocycles. The van der Waals surface area contributed by atoms with Gasteiger partial charge in [-0.3, -0.25) is 4.79 Å². The molecule has 3 nitrogen and oxygen atoms in total. The van der Waals surface area contributed by atoms with Crippen LogP contribution in [0.25, 0.3) is 0 Å². The number of Topliss-reactive ketones (excluding diaryl/α,β-unsaturated/α-hetero) is 1. The number of nitrogens with zero attached hydrogens (tertiary/aromatic N) is 2. The molecule has 5 heteroatoms. The quantitative estimate of drug-likeness (QED) is 0.464. The van der Waals surface area contributed by atoms with Gasteiger partial charge in [0.15, 0.2) is 0 Å². The minimum absolute atomic E-state index is 0.0480. The van der Waals surface area contributed by atoms with Crippen molar-refractivity contribution in [1.82, 2.24) is 9.80 Å². The second kappa shape index (κ2) is 11.5. The maximum Gasteiger partial charge on any atom is 0.148 e. The maximum absolute atomic E-state index is 15.1. The van der Waals surface area contributed by atoms with Gasteiger partial charge in [-0.15, -0.1) is 0 Å². The van der Waals surface area contributed by atoms with Gasteiger partial charge in [0, 0.05) is 23.9 Å². The third-order valence-corrected chi connectivity index (χ3v) is 8.11. The number of carbonyl (C=O) groups excluding carboxylic acids is 1. The number of ketones is 1. The van der Waals surface area contributed by atoms with Gasteiger partial charge in [0.2, 0.25) is 0 Å². The number of halogens is 2. The second-order valence-electron chi connectivity index (χ2n) is 10.3. The first-order chi connectivity index (χ1) is 16.5. The van der Waals surface area contributed by atoms with Gasteiger partial charge in [0.05, 0.1) is 0 Å². The highest BCUT2D eigenvalue weighted by atomic mass is 19.1. The summed E-state index contributed by atoms with van der Waals surface area (Å²) in [6, 6.07) is 13.7. The van der Waals surface area contributed by atoms with Gasteiger partial charge >= 0.3 is 0 Å². The van der Waals surface area contributed by atoms with Gasteiger partial charge in [-0.2, -0.15) is 0 Å². The van der Waals surface area contributed by atoms with E-state index in [1.165, 1.54) is 12.1 Å². The van der Waals surface area contributed by atoms with Crippen LogP contribution >= 0.6 is 0 Å². The first-order valence-corrected chi connectivity index (χ1v) is 12.9. The van der Waals surface area contributed by atoms with Crippen LogP contribution in [0.3, 0.4) is 0 Å². The molecule has 4 rings (SSSR count). The van der Waals surface area contributed by atoms with Crippen LogP contribution in [0.15, 0.2) is 48.5 Å². The molecule has 0 bridgehead atoms. The van der Waals surface area contributed by atoms with E-state index in [1.54, 1.807) is 36.4 Å². The largest absolute Gasteiger partial charge is 0.303 e. The summed E-state index contributed by atoms with van der Waals surface area (Å²) in [5.74, 6) is -1.92. The Morgan fingerprint density at radius 1 is 0.765 bits per heavy atom. The molecule has 184 valence electrons. The predicted molar refractivity (Wildman–Crippen MR) is 133 cm³/mol. The Hall–Kier alpha value is -2.11. The van der Waals surface area contributed by atoms with E-state index in [0.29, 0.717) is 24.0 Å².